The van der Waals surface area contributed by atoms with Crippen LogP contribution in [0.2, 0.25) is 0 Å². The highest BCUT2D eigenvalue weighted by molar-refractivity contribution is 5.78. The number of carboxylic acids is 1. The topological polar surface area (TPSA) is 61.8 Å². The molecule has 21 heavy (non-hydrogen) atoms. The van der Waals surface area contributed by atoms with Crippen molar-refractivity contribution in [1.29, 1.82) is 0 Å². The monoisotopic (exact) mass is 300 g/mol. The van der Waals surface area contributed by atoms with Crippen molar-refractivity contribution in [3.05, 3.63) is 0 Å². The molecule has 5 heteroatoms. The molecule has 0 spiro atoms. The Kier molecular flexibility index (Phi) is 8.22. The third-order valence-corrected chi connectivity index (χ3v) is 4.34. The van der Waals surface area contributed by atoms with Crippen molar-refractivity contribution in [3.63, 3.8) is 0 Å². The standard InChI is InChI=1S/C16H32N2O3/c1-4-9-17-16(5-2,15(19)20)8-6-10-18-11-7-12-21-14(3)13-18/h14,17H,4-13H2,1-3H3,(H,19,20). The van der Waals surface area contributed by atoms with Crippen LogP contribution in [-0.2, 0) is 9.53 Å². The van der Waals surface area contributed by atoms with Crippen LogP contribution in [0.3, 0.4) is 0 Å². The molecule has 1 fully saturated rings. The summed E-state index contributed by atoms with van der Waals surface area (Å²) in [5.74, 6) is -0.717. The number of carbonyl (C=O) groups is 1. The van der Waals surface area contributed by atoms with Gasteiger partial charge in [0.05, 0.1) is 6.10 Å². The lowest BCUT2D eigenvalue weighted by molar-refractivity contribution is -0.145. The Morgan fingerprint density at radius 3 is 2.86 bits per heavy atom. The Bertz CT molecular complexity index is 312. The first-order valence-electron chi connectivity index (χ1n) is 8.36. The van der Waals surface area contributed by atoms with Gasteiger partial charge < -0.3 is 20.1 Å². The van der Waals surface area contributed by atoms with E-state index in [1.807, 2.05) is 6.92 Å². The van der Waals surface area contributed by atoms with Gasteiger partial charge >= 0.3 is 5.97 Å². The van der Waals surface area contributed by atoms with Crippen molar-refractivity contribution in [3.8, 4) is 0 Å². The molecule has 1 rings (SSSR count). The maximum absolute atomic E-state index is 11.7. The molecular weight excluding hydrogens is 268 g/mol. The summed E-state index contributed by atoms with van der Waals surface area (Å²) >= 11 is 0. The maximum Gasteiger partial charge on any atom is 0.323 e. The van der Waals surface area contributed by atoms with Gasteiger partial charge in [-0.3, -0.25) is 4.79 Å². The zero-order valence-electron chi connectivity index (χ0n) is 13.9. The van der Waals surface area contributed by atoms with Crippen molar-refractivity contribution < 1.29 is 14.6 Å². The van der Waals surface area contributed by atoms with E-state index in [9.17, 15) is 9.90 Å². The molecule has 1 heterocycles. The van der Waals surface area contributed by atoms with Crippen LogP contribution in [0, 0.1) is 0 Å². The van der Waals surface area contributed by atoms with E-state index < -0.39 is 11.5 Å². The minimum Gasteiger partial charge on any atom is -0.480 e. The van der Waals surface area contributed by atoms with Gasteiger partial charge in [-0.15, -0.1) is 0 Å². The Hall–Kier alpha value is -0.650. The van der Waals surface area contributed by atoms with E-state index in [1.54, 1.807) is 0 Å². The van der Waals surface area contributed by atoms with E-state index in [4.69, 9.17) is 4.74 Å². The first-order valence-corrected chi connectivity index (χ1v) is 8.36. The molecule has 2 atom stereocenters. The number of nitrogens with zero attached hydrogens (tertiary/aromatic N) is 1. The molecule has 1 aliphatic heterocycles. The molecular formula is C16H32N2O3. The number of hydrogen-bond acceptors (Lipinski definition) is 4. The first kappa shape index (κ1) is 18.4. The summed E-state index contributed by atoms with van der Waals surface area (Å²) < 4.78 is 5.64. The van der Waals surface area contributed by atoms with Crippen LogP contribution in [0.4, 0.5) is 0 Å². The molecule has 0 aliphatic carbocycles. The van der Waals surface area contributed by atoms with Gasteiger partial charge in [0, 0.05) is 19.7 Å². The molecule has 5 nitrogen and oxygen atoms in total. The van der Waals surface area contributed by atoms with E-state index in [0.29, 0.717) is 12.8 Å². The Morgan fingerprint density at radius 2 is 2.24 bits per heavy atom. The predicted octanol–water partition coefficient (Wildman–Crippen LogP) is 2.11. The van der Waals surface area contributed by atoms with Gasteiger partial charge in [-0.2, -0.15) is 0 Å². The summed E-state index contributed by atoms with van der Waals surface area (Å²) in [4.78, 5) is 14.1. The van der Waals surface area contributed by atoms with Crippen LogP contribution in [0.15, 0.2) is 0 Å². The summed E-state index contributed by atoms with van der Waals surface area (Å²) in [5.41, 5.74) is -0.760. The smallest absolute Gasteiger partial charge is 0.323 e. The van der Waals surface area contributed by atoms with Crippen molar-refractivity contribution in [1.82, 2.24) is 10.2 Å². The normalized spacial score (nSPS) is 23.5. The molecule has 0 radical (unpaired) electrons. The average Bonchev–Trinajstić information content (AvgIpc) is 2.66. The van der Waals surface area contributed by atoms with Gasteiger partial charge in [0.15, 0.2) is 0 Å². The van der Waals surface area contributed by atoms with Gasteiger partial charge in [0.1, 0.15) is 5.54 Å². The van der Waals surface area contributed by atoms with Crippen LogP contribution in [0.25, 0.3) is 0 Å². The average molecular weight is 300 g/mol. The molecule has 0 aromatic rings. The van der Waals surface area contributed by atoms with Gasteiger partial charge in [0.2, 0.25) is 0 Å². The number of ether oxygens (including phenoxy) is 1. The van der Waals surface area contributed by atoms with Crippen LogP contribution in [-0.4, -0.2) is 60.4 Å². The molecule has 2 unspecified atom stereocenters. The second-order valence-corrected chi connectivity index (χ2v) is 6.11. The Morgan fingerprint density at radius 1 is 1.48 bits per heavy atom. The van der Waals surface area contributed by atoms with E-state index >= 15 is 0 Å². The molecule has 0 saturated carbocycles. The SMILES string of the molecule is CCCNC(CC)(CCCN1CCCOC(C)C1)C(=O)O. The van der Waals surface area contributed by atoms with Crippen molar-refractivity contribution in [2.45, 2.75) is 64.5 Å². The summed E-state index contributed by atoms with van der Waals surface area (Å²) in [6.45, 7) is 10.7. The number of carboxylic acid groups (broad SMARTS) is 1. The highest BCUT2D eigenvalue weighted by atomic mass is 16.5. The number of aliphatic carboxylic acids is 1. The van der Waals surface area contributed by atoms with Gasteiger partial charge in [-0.25, -0.2) is 0 Å². The molecule has 2 N–H and O–H groups in total. The third kappa shape index (κ3) is 5.93. The van der Waals surface area contributed by atoms with E-state index in [-0.39, 0.29) is 6.10 Å². The van der Waals surface area contributed by atoms with Crippen LogP contribution in [0.5, 0.6) is 0 Å². The third-order valence-electron chi connectivity index (χ3n) is 4.34. The Balaban J connectivity index is 2.46. The molecule has 0 aromatic carbocycles. The van der Waals surface area contributed by atoms with Crippen LogP contribution in [0.1, 0.15) is 52.9 Å². The largest absolute Gasteiger partial charge is 0.480 e. The fourth-order valence-corrected chi connectivity index (χ4v) is 2.98. The zero-order chi connectivity index (χ0) is 15.7. The summed E-state index contributed by atoms with van der Waals surface area (Å²) in [7, 11) is 0. The van der Waals surface area contributed by atoms with Crippen LogP contribution < -0.4 is 5.32 Å². The predicted molar refractivity (Wildman–Crippen MR) is 84.7 cm³/mol. The molecule has 0 aromatic heterocycles. The summed E-state index contributed by atoms with van der Waals surface area (Å²) in [6, 6.07) is 0. The molecule has 0 bridgehead atoms. The first-order chi connectivity index (χ1) is 10.0. The van der Waals surface area contributed by atoms with Gasteiger partial charge in [-0.05, 0) is 52.1 Å². The van der Waals surface area contributed by atoms with Crippen molar-refractivity contribution >= 4 is 5.97 Å². The molecule has 1 aliphatic rings. The number of nitrogens with one attached hydrogen (secondary N) is 1. The lowest BCUT2D eigenvalue weighted by atomic mass is 9.90. The highest BCUT2D eigenvalue weighted by Gasteiger charge is 2.35. The van der Waals surface area contributed by atoms with E-state index in [2.05, 4.69) is 24.1 Å². The fourth-order valence-electron chi connectivity index (χ4n) is 2.98. The number of hydrogen-bond donors (Lipinski definition) is 2. The lowest BCUT2D eigenvalue weighted by Crippen LogP contribution is -2.52. The van der Waals surface area contributed by atoms with Crippen molar-refractivity contribution in [2.24, 2.45) is 0 Å². The number of rotatable bonds is 9. The summed E-state index contributed by atoms with van der Waals surface area (Å²) in [5, 5.41) is 12.8. The maximum atomic E-state index is 11.7. The summed E-state index contributed by atoms with van der Waals surface area (Å²) in [6.07, 6.45) is 4.52. The second kappa shape index (κ2) is 9.38. The van der Waals surface area contributed by atoms with Crippen molar-refractivity contribution in [2.75, 3.05) is 32.8 Å². The zero-order valence-corrected chi connectivity index (χ0v) is 13.9. The Labute approximate surface area is 129 Å². The van der Waals surface area contributed by atoms with Gasteiger partial charge in [-0.1, -0.05) is 13.8 Å². The molecule has 0 amide bonds. The minimum absolute atomic E-state index is 0.279. The van der Waals surface area contributed by atoms with Crippen LogP contribution >= 0.6 is 0 Å². The van der Waals surface area contributed by atoms with E-state index in [0.717, 1.165) is 52.0 Å². The quantitative estimate of drug-likeness (QED) is 0.683. The minimum atomic E-state index is -0.760. The molecule has 1 saturated heterocycles. The lowest BCUT2D eigenvalue weighted by Gasteiger charge is -2.31. The second-order valence-electron chi connectivity index (χ2n) is 6.11. The fraction of sp³-hybridized carbons (Fsp3) is 0.938. The van der Waals surface area contributed by atoms with Gasteiger partial charge in [0.25, 0.3) is 0 Å². The highest BCUT2D eigenvalue weighted by Crippen LogP contribution is 2.19. The molecule has 124 valence electrons. The van der Waals surface area contributed by atoms with E-state index in [1.165, 1.54) is 0 Å².